The molecule has 33 heavy (non-hydrogen) atoms. The zero-order valence-corrected chi connectivity index (χ0v) is 19.0. The summed E-state index contributed by atoms with van der Waals surface area (Å²) in [6.07, 6.45) is 3.08. The molecule has 0 amide bonds. The van der Waals surface area contributed by atoms with Crippen LogP contribution in [0.1, 0.15) is 54.9 Å². The monoisotopic (exact) mass is 452 g/mol. The highest BCUT2D eigenvalue weighted by Crippen LogP contribution is 2.38. The topological polar surface area (TPSA) is 133 Å². The second-order valence-electron chi connectivity index (χ2n) is 9.15. The summed E-state index contributed by atoms with van der Waals surface area (Å²) >= 11 is 0. The third kappa shape index (κ3) is 6.51. The summed E-state index contributed by atoms with van der Waals surface area (Å²) in [6.45, 7) is 2.25. The van der Waals surface area contributed by atoms with Crippen molar-refractivity contribution >= 4 is 18.9 Å². The fraction of sp³-hybridized carbons (Fsp3) is 0.440. The first kappa shape index (κ1) is 25.1. The van der Waals surface area contributed by atoms with Gasteiger partial charge in [-0.1, -0.05) is 61.4 Å². The molecule has 8 heteroatoms. The van der Waals surface area contributed by atoms with E-state index in [4.69, 9.17) is 15.8 Å². The van der Waals surface area contributed by atoms with Gasteiger partial charge >= 0.3 is 13.1 Å². The maximum Gasteiger partial charge on any atom is 0.451 e. The predicted octanol–water partition coefficient (Wildman–Crippen LogP) is 2.85. The quantitative estimate of drug-likeness (QED) is 0.190. The Bertz CT molecular complexity index is 942. The van der Waals surface area contributed by atoms with Crippen molar-refractivity contribution in [2.24, 2.45) is 11.7 Å². The lowest BCUT2D eigenvalue weighted by Gasteiger charge is -2.45. The first-order chi connectivity index (χ1) is 15.7. The van der Waals surface area contributed by atoms with E-state index in [9.17, 15) is 14.7 Å². The van der Waals surface area contributed by atoms with Crippen LogP contribution in [0, 0.1) is 5.92 Å². The van der Waals surface area contributed by atoms with E-state index in [1.807, 2.05) is 24.3 Å². The Kier molecular flexibility index (Phi) is 8.43. The lowest BCUT2D eigenvalue weighted by Crippen LogP contribution is -2.61. The number of nitrogens with one attached hydrogen (secondary N) is 1. The van der Waals surface area contributed by atoms with Gasteiger partial charge in [0.25, 0.3) is 0 Å². The van der Waals surface area contributed by atoms with E-state index < -0.39 is 18.6 Å². The second kappa shape index (κ2) is 11.1. The number of rotatable bonds is 12. The number of carbonyl (C=O) groups excluding carboxylic acids is 1. The van der Waals surface area contributed by atoms with Crippen molar-refractivity contribution in [2.45, 2.75) is 63.5 Å². The Hall–Kier alpha value is -2.52. The molecular weight excluding hydrogens is 419 g/mol. The number of carbonyl (C=O) groups is 2. The summed E-state index contributed by atoms with van der Waals surface area (Å²) in [4.78, 5) is 23.2. The van der Waals surface area contributed by atoms with Gasteiger partial charge in [-0.15, -0.1) is 0 Å². The largest absolute Gasteiger partial charge is 0.480 e. The number of nitrogens with two attached hydrogens (primary N) is 1. The first-order valence-corrected chi connectivity index (χ1v) is 11.5. The molecule has 0 saturated heterocycles. The lowest BCUT2D eigenvalue weighted by atomic mass is 9.66. The number of hydrogen-bond donors (Lipinski definition) is 5. The Morgan fingerprint density at radius 1 is 1.03 bits per heavy atom. The highest BCUT2D eigenvalue weighted by Gasteiger charge is 2.48. The number of unbranched alkanes of at least 4 members (excludes halogenated alkanes) is 1. The van der Waals surface area contributed by atoms with Gasteiger partial charge in [-0.25, -0.2) is 0 Å². The van der Waals surface area contributed by atoms with Crippen molar-refractivity contribution in [3.63, 3.8) is 0 Å². The maximum atomic E-state index is 11.8. The van der Waals surface area contributed by atoms with Gasteiger partial charge in [0.15, 0.2) is 5.78 Å². The molecule has 0 aliphatic heterocycles. The predicted molar refractivity (Wildman–Crippen MR) is 129 cm³/mol. The van der Waals surface area contributed by atoms with Gasteiger partial charge in [0.1, 0.15) is 5.54 Å². The van der Waals surface area contributed by atoms with E-state index in [-0.39, 0.29) is 24.1 Å². The molecule has 1 aliphatic rings. The molecule has 1 atom stereocenters. The SMILES string of the molecule is CC(=O)c1ccc(-c2ccc(CNC3CC(C(N)(CCCCB(O)O)C(=O)O)C3)cc2)cc1. The molecule has 0 radical (unpaired) electrons. The zero-order valence-electron chi connectivity index (χ0n) is 19.0. The van der Waals surface area contributed by atoms with Crippen LogP contribution in [0.3, 0.4) is 0 Å². The Morgan fingerprint density at radius 2 is 1.61 bits per heavy atom. The van der Waals surface area contributed by atoms with Crippen LogP contribution in [0.15, 0.2) is 48.5 Å². The van der Waals surface area contributed by atoms with Crippen LogP contribution in [0.4, 0.5) is 0 Å². The van der Waals surface area contributed by atoms with Crippen LogP contribution < -0.4 is 11.1 Å². The molecule has 0 heterocycles. The van der Waals surface area contributed by atoms with Gasteiger partial charge in [0.2, 0.25) is 0 Å². The first-order valence-electron chi connectivity index (χ1n) is 11.5. The number of carboxylic acid groups (broad SMARTS) is 1. The van der Waals surface area contributed by atoms with Crippen molar-refractivity contribution in [2.75, 3.05) is 0 Å². The molecule has 0 spiro atoms. The number of ketones is 1. The minimum absolute atomic E-state index is 0.0537. The second-order valence-corrected chi connectivity index (χ2v) is 9.15. The highest BCUT2D eigenvalue weighted by atomic mass is 16.4. The van der Waals surface area contributed by atoms with Crippen molar-refractivity contribution < 1.29 is 24.7 Å². The van der Waals surface area contributed by atoms with Gasteiger partial charge in [0.05, 0.1) is 0 Å². The molecule has 2 aromatic carbocycles. The highest BCUT2D eigenvalue weighted by molar-refractivity contribution is 6.40. The summed E-state index contributed by atoms with van der Waals surface area (Å²) in [5, 5.41) is 31.0. The number of Topliss-reactive ketones (excluding diaryl/α,β-unsaturated/α-hetero) is 1. The Balaban J connectivity index is 1.46. The fourth-order valence-corrected chi connectivity index (χ4v) is 4.41. The maximum absolute atomic E-state index is 11.8. The third-order valence-electron chi connectivity index (χ3n) is 6.74. The third-order valence-corrected chi connectivity index (χ3v) is 6.74. The van der Waals surface area contributed by atoms with Crippen LogP contribution in [0.5, 0.6) is 0 Å². The van der Waals surface area contributed by atoms with Gasteiger partial charge in [-0.2, -0.15) is 0 Å². The van der Waals surface area contributed by atoms with E-state index in [1.54, 1.807) is 6.92 Å². The summed E-state index contributed by atoms with van der Waals surface area (Å²) in [5.74, 6) is -1.02. The van der Waals surface area contributed by atoms with Gasteiger partial charge < -0.3 is 26.2 Å². The molecule has 1 saturated carbocycles. The summed E-state index contributed by atoms with van der Waals surface area (Å²) in [7, 11) is -1.36. The van der Waals surface area contributed by atoms with Crippen molar-refractivity contribution in [3.8, 4) is 11.1 Å². The van der Waals surface area contributed by atoms with Gasteiger partial charge in [0, 0.05) is 18.2 Å². The minimum atomic E-state index is -1.36. The number of carboxylic acids is 1. The normalized spacial score (nSPS) is 19.4. The van der Waals surface area contributed by atoms with E-state index in [1.165, 1.54) is 0 Å². The van der Waals surface area contributed by atoms with Crippen LogP contribution in [0.2, 0.25) is 6.32 Å². The number of benzene rings is 2. The molecule has 7 nitrogen and oxygen atoms in total. The zero-order chi connectivity index (χ0) is 24.0. The molecule has 0 bridgehead atoms. The smallest absolute Gasteiger partial charge is 0.451 e. The summed E-state index contributed by atoms with van der Waals surface area (Å²) in [6, 6.07) is 16.1. The average molecular weight is 452 g/mol. The molecule has 0 aromatic heterocycles. The van der Waals surface area contributed by atoms with Gasteiger partial charge in [-0.05, 0) is 55.1 Å². The van der Waals surface area contributed by atoms with Crippen molar-refractivity contribution in [1.82, 2.24) is 5.32 Å². The van der Waals surface area contributed by atoms with Crippen molar-refractivity contribution in [3.05, 3.63) is 59.7 Å². The van der Waals surface area contributed by atoms with Crippen LogP contribution >= 0.6 is 0 Å². The van der Waals surface area contributed by atoms with Crippen LogP contribution in [0.25, 0.3) is 11.1 Å². The molecule has 176 valence electrons. The molecular formula is C25H33BN2O5. The van der Waals surface area contributed by atoms with E-state index >= 15 is 0 Å². The summed E-state index contributed by atoms with van der Waals surface area (Å²) in [5.41, 5.74) is 8.98. The van der Waals surface area contributed by atoms with E-state index in [2.05, 4.69) is 29.6 Å². The average Bonchev–Trinajstić information content (AvgIpc) is 2.76. The van der Waals surface area contributed by atoms with Crippen molar-refractivity contribution in [1.29, 1.82) is 0 Å². The molecule has 2 aromatic rings. The van der Waals surface area contributed by atoms with Gasteiger partial charge in [-0.3, -0.25) is 9.59 Å². The van der Waals surface area contributed by atoms with Crippen LogP contribution in [-0.2, 0) is 11.3 Å². The van der Waals surface area contributed by atoms with Crippen LogP contribution in [-0.4, -0.2) is 45.6 Å². The Labute approximate surface area is 195 Å². The molecule has 1 fully saturated rings. The molecule has 1 aliphatic carbocycles. The Morgan fingerprint density at radius 3 is 2.12 bits per heavy atom. The summed E-state index contributed by atoms with van der Waals surface area (Å²) < 4.78 is 0. The lowest BCUT2D eigenvalue weighted by molar-refractivity contribution is -0.148. The molecule has 1 unspecified atom stereocenters. The minimum Gasteiger partial charge on any atom is -0.480 e. The number of aliphatic carboxylic acids is 1. The fourth-order valence-electron chi connectivity index (χ4n) is 4.41. The molecule has 3 rings (SSSR count). The standard InChI is InChI=1S/C25H33BN2O5/c1-17(29)19-8-10-21(11-9-19)20-6-4-18(5-7-20)16-28-23-14-22(15-23)25(27,24(30)31)12-2-3-13-26(32)33/h4-11,22-23,28,32-33H,2-3,12-16,27H2,1H3,(H,30,31). The number of hydrogen-bond acceptors (Lipinski definition) is 6. The van der Waals surface area contributed by atoms with E-state index in [0.717, 1.165) is 16.7 Å². The molecule has 6 N–H and O–H groups in total. The van der Waals surface area contributed by atoms with E-state index in [0.29, 0.717) is 44.2 Å².